The van der Waals surface area contributed by atoms with E-state index in [1.807, 2.05) is 37.3 Å². The van der Waals surface area contributed by atoms with Gasteiger partial charge in [0.05, 0.1) is 0 Å². The number of hydrogen-bond donors (Lipinski definition) is 2. The van der Waals surface area contributed by atoms with Gasteiger partial charge >= 0.3 is 0 Å². The first-order chi connectivity index (χ1) is 9.76. The lowest BCUT2D eigenvalue weighted by Crippen LogP contribution is -2.09. The molecule has 0 aliphatic heterocycles. The van der Waals surface area contributed by atoms with E-state index in [-0.39, 0.29) is 5.89 Å². The molecule has 3 N–H and O–H groups in total. The molecule has 2 unspecified atom stereocenters. The molecular formula is C14H19N3O3. The van der Waals surface area contributed by atoms with E-state index in [1.165, 1.54) is 0 Å². The van der Waals surface area contributed by atoms with Crippen molar-refractivity contribution in [3.05, 3.63) is 47.6 Å². The minimum atomic E-state index is -0.834. The zero-order valence-electron chi connectivity index (χ0n) is 11.4. The highest BCUT2D eigenvalue weighted by Crippen LogP contribution is 2.25. The average molecular weight is 277 g/mol. The van der Waals surface area contributed by atoms with E-state index in [0.29, 0.717) is 25.4 Å². The zero-order valence-corrected chi connectivity index (χ0v) is 11.4. The van der Waals surface area contributed by atoms with Crippen LogP contribution in [-0.2, 0) is 4.74 Å². The normalized spacial score (nSPS) is 14.2. The maximum absolute atomic E-state index is 9.80. The van der Waals surface area contributed by atoms with Crippen LogP contribution in [0.4, 0.5) is 0 Å². The summed E-state index contributed by atoms with van der Waals surface area (Å²) >= 11 is 0. The molecule has 2 atom stereocenters. The van der Waals surface area contributed by atoms with E-state index in [1.54, 1.807) is 0 Å². The van der Waals surface area contributed by atoms with Crippen LogP contribution in [0.15, 0.2) is 34.9 Å². The molecule has 0 saturated heterocycles. The van der Waals surface area contributed by atoms with Gasteiger partial charge in [-0.1, -0.05) is 35.5 Å². The summed E-state index contributed by atoms with van der Waals surface area (Å²) in [6, 6.07) is 9.65. The van der Waals surface area contributed by atoms with Gasteiger partial charge in [-0.05, 0) is 25.5 Å². The first-order valence-corrected chi connectivity index (χ1v) is 6.64. The topological polar surface area (TPSA) is 94.4 Å². The fourth-order valence-corrected chi connectivity index (χ4v) is 1.88. The van der Waals surface area contributed by atoms with Crippen LogP contribution in [0.25, 0.3) is 0 Å². The van der Waals surface area contributed by atoms with Crippen LogP contribution in [0.2, 0.25) is 0 Å². The van der Waals surface area contributed by atoms with Crippen LogP contribution in [0, 0.1) is 0 Å². The number of ether oxygens (including phenoxy) is 1. The molecule has 0 fully saturated rings. The maximum Gasteiger partial charge on any atom is 0.255 e. The molecule has 0 saturated carbocycles. The van der Waals surface area contributed by atoms with Crippen molar-refractivity contribution in [3.8, 4) is 0 Å². The van der Waals surface area contributed by atoms with E-state index < -0.39 is 12.2 Å². The third kappa shape index (κ3) is 3.41. The molecule has 0 bridgehead atoms. The monoisotopic (exact) mass is 277 g/mol. The van der Waals surface area contributed by atoms with Crippen molar-refractivity contribution >= 4 is 0 Å². The third-order valence-corrected chi connectivity index (χ3v) is 2.85. The van der Waals surface area contributed by atoms with Gasteiger partial charge in [0.15, 0.2) is 0 Å². The van der Waals surface area contributed by atoms with Gasteiger partial charge in [-0.3, -0.25) is 0 Å². The highest BCUT2D eigenvalue weighted by Gasteiger charge is 2.23. The molecule has 108 valence electrons. The molecule has 20 heavy (non-hydrogen) atoms. The first kappa shape index (κ1) is 14.6. The van der Waals surface area contributed by atoms with Crippen molar-refractivity contribution in [2.45, 2.75) is 25.6 Å². The Morgan fingerprint density at radius 2 is 2.10 bits per heavy atom. The first-order valence-electron chi connectivity index (χ1n) is 6.64. The molecular weight excluding hydrogens is 258 g/mol. The Kier molecular flexibility index (Phi) is 5.23. The number of benzene rings is 1. The van der Waals surface area contributed by atoms with Crippen molar-refractivity contribution in [1.29, 1.82) is 0 Å². The fraction of sp³-hybridized carbons (Fsp3) is 0.429. The summed E-state index contributed by atoms with van der Waals surface area (Å²) in [5.74, 6) is 0.579. The molecule has 6 heteroatoms. The lowest BCUT2D eigenvalue weighted by atomic mass is 10.1. The number of hydrogen-bond acceptors (Lipinski definition) is 6. The largest absolute Gasteiger partial charge is 0.383 e. The molecule has 6 nitrogen and oxygen atoms in total. The summed E-state index contributed by atoms with van der Waals surface area (Å²) in [5.41, 5.74) is 6.34. The van der Waals surface area contributed by atoms with Crippen molar-refractivity contribution in [2.75, 3.05) is 13.2 Å². The van der Waals surface area contributed by atoms with Crippen LogP contribution >= 0.6 is 0 Å². The summed E-state index contributed by atoms with van der Waals surface area (Å²) in [5, 5.41) is 13.7. The molecule has 0 aliphatic rings. The minimum absolute atomic E-state index is 0.172. The summed E-state index contributed by atoms with van der Waals surface area (Å²) in [6.45, 7) is 2.78. The van der Waals surface area contributed by atoms with Gasteiger partial charge in [-0.25, -0.2) is 0 Å². The molecule has 0 spiro atoms. The van der Waals surface area contributed by atoms with Crippen LogP contribution in [-0.4, -0.2) is 28.4 Å². The fourth-order valence-electron chi connectivity index (χ4n) is 1.88. The minimum Gasteiger partial charge on any atom is -0.383 e. The van der Waals surface area contributed by atoms with E-state index in [9.17, 15) is 5.11 Å². The Morgan fingerprint density at radius 3 is 2.75 bits per heavy atom. The molecule has 1 heterocycles. The number of aliphatic hydroxyl groups is 1. The van der Waals surface area contributed by atoms with Crippen molar-refractivity contribution in [2.24, 2.45) is 5.73 Å². The number of aliphatic hydroxyl groups excluding tert-OH is 1. The Balaban J connectivity index is 2.22. The molecule has 0 aliphatic carbocycles. The number of nitrogens with zero attached hydrogens (tertiary/aromatic N) is 2. The van der Waals surface area contributed by atoms with Gasteiger partial charge in [-0.15, -0.1) is 0 Å². The molecule has 0 amide bonds. The summed E-state index contributed by atoms with van der Waals surface area (Å²) in [7, 11) is 0. The van der Waals surface area contributed by atoms with Crippen molar-refractivity contribution in [1.82, 2.24) is 10.1 Å². The Labute approximate surface area is 117 Å². The third-order valence-electron chi connectivity index (χ3n) is 2.85. The number of nitrogens with two attached hydrogens (primary N) is 1. The lowest BCUT2D eigenvalue weighted by molar-refractivity contribution is 0.0832. The predicted octanol–water partition coefficient (Wildman–Crippen LogP) is 1.58. The smallest absolute Gasteiger partial charge is 0.255 e. The van der Waals surface area contributed by atoms with Crippen molar-refractivity contribution < 1.29 is 14.4 Å². The second-order valence-corrected chi connectivity index (χ2v) is 4.33. The second kappa shape index (κ2) is 7.14. The highest BCUT2D eigenvalue weighted by atomic mass is 16.5. The van der Waals surface area contributed by atoms with Crippen LogP contribution in [0.5, 0.6) is 0 Å². The lowest BCUT2D eigenvalue weighted by Gasteiger charge is -2.13. The number of aromatic nitrogens is 2. The van der Waals surface area contributed by atoms with Crippen LogP contribution in [0.3, 0.4) is 0 Å². The summed E-state index contributed by atoms with van der Waals surface area (Å²) in [4.78, 5) is 4.22. The van der Waals surface area contributed by atoms with Gasteiger partial charge in [0.25, 0.3) is 5.89 Å². The zero-order chi connectivity index (χ0) is 14.4. The molecule has 2 aromatic rings. The second-order valence-electron chi connectivity index (χ2n) is 4.33. The Bertz CT molecular complexity index is 515. The molecule has 1 aromatic carbocycles. The van der Waals surface area contributed by atoms with Crippen molar-refractivity contribution in [3.63, 3.8) is 0 Å². The van der Waals surface area contributed by atoms with Gasteiger partial charge in [-0.2, -0.15) is 4.98 Å². The molecule has 2 rings (SSSR count). The average Bonchev–Trinajstić information content (AvgIpc) is 2.95. The van der Waals surface area contributed by atoms with Crippen LogP contribution < -0.4 is 5.73 Å². The summed E-state index contributed by atoms with van der Waals surface area (Å²) < 4.78 is 10.8. The van der Waals surface area contributed by atoms with Gasteiger partial charge < -0.3 is 20.1 Å². The van der Waals surface area contributed by atoms with Gasteiger partial charge in [0.2, 0.25) is 5.82 Å². The number of rotatable bonds is 7. The molecule has 0 radical (unpaired) electrons. The predicted molar refractivity (Wildman–Crippen MR) is 72.8 cm³/mol. The standard InChI is InChI=1S/C14H19N3O3/c1-2-19-12(10-6-4-3-5-7-10)13-16-14(20-17-13)11(18)8-9-15/h3-7,11-12,18H,2,8-9,15H2,1H3. The Morgan fingerprint density at radius 1 is 1.35 bits per heavy atom. The van der Waals surface area contributed by atoms with Gasteiger partial charge in [0.1, 0.15) is 12.2 Å². The van der Waals surface area contributed by atoms with Gasteiger partial charge in [0, 0.05) is 6.61 Å². The van der Waals surface area contributed by atoms with E-state index in [0.717, 1.165) is 5.56 Å². The molecule has 1 aromatic heterocycles. The maximum atomic E-state index is 9.80. The van der Waals surface area contributed by atoms with Crippen LogP contribution in [0.1, 0.15) is 42.8 Å². The Hall–Kier alpha value is -1.76. The van der Waals surface area contributed by atoms with E-state index in [4.69, 9.17) is 15.0 Å². The SMILES string of the molecule is CCOC(c1ccccc1)c1noc(C(O)CCN)n1. The van der Waals surface area contributed by atoms with E-state index in [2.05, 4.69) is 10.1 Å². The highest BCUT2D eigenvalue weighted by molar-refractivity contribution is 5.22. The quantitative estimate of drug-likeness (QED) is 0.798. The summed E-state index contributed by atoms with van der Waals surface area (Å²) in [6.07, 6.45) is -0.852. The van der Waals surface area contributed by atoms with E-state index >= 15 is 0 Å².